The number of hydrogen-bond donors (Lipinski definition) is 1. The van der Waals surface area contributed by atoms with Gasteiger partial charge in [-0.1, -0.05) is 56.3 Å². The van der Waals surface area contributed by atoms with Crippen LogP contribution in [0.4, 0.5) is 13.2 Å². The Labute approximate surface area is 254 Å². The van der Waals surface area contributed by atoms with Crippen LogP contribution in [0.3, 0.4) is 0 Å². The second-order valence-corrected chi connectivity index (χ2v) is 17.2. The van der Waals surface area contributed by atoms with Gasteiger partial charge < -0.3 is 28.5 Å². The topological polar surface area (TPSA) is 114 Å². The zero-order valence-corrected chi connectivity index (χ0v) is 26.2. The van der Waals surface area contributed by atoms with E-state index in [9.17, 15) is 23.1 Å². The highest BCUT2D eigenvalue weighted by Crippen LogP contribution is 2.43. The van der Waals surface area contributed by atoms with E-state index in [2.05, 4.69) is 10.3 Å². The van der Waals surface area contributed by atoms with Gasteiger partial charge in [-0.15, -0.1) is 5.10 Å². The number of halogens is 3. The highest BCUT2D eigenvalue weighted by Gasteiger charge is 2.56. The molecule has 14 heteroatoms. The molecular formula is C30H36F3N3O7Si. The van der Waals surface area contributed by atoms with Gasteiger partial charge in [0.15, 0.2) is 38.2 Å². The summed E-state index contributed by atoms with van der Waals surface area (Å²) in [6, 6.07) is 9.74. The van der Waals surface area contributed by atoms with Crippen LogP contribution in [0.2, 0.25) is 18.1 Å². The summed E-state index contributed by atoms with van der Waals surface area (Å²) < 4.78 is 73.2. The monoisotopic (exact) mass is 635 g/mol. The van der Waals surface area contributed by atoms with Gasteiger partial charge in [0.25, 0.3) is 0 Å². The number of benzene rings is 2. The lowest BCUT2D eigenvalue weighted by Crippen LogP contribution is -2.64. The number of carbonyl (C=O) groups is 1. The smallest absolute Gasteiger partial charge is 0.336 e. The van der Waals surface area contributed by atoms with E-state index in [-0.39, 0.29) is 22.9 Å². The summed E-state index contributed by atoms with van der Waals surface area (Å²) in [5.41, 5.74) is 0.681. The Morgan fingerprint density at radius 1 is 1.11 bits per heavy atom. The van der Waals surface area contributed by atoms with Gasteiger partial charge in [0.05, 0.1) is 19.9 Å². The van der Waals surface area contributed by atoms with Crippen molar-refractivity contribution < 1.29 is 46.4 Å². The molecule has 0 aliphatic carbocycles. The van der Waals surface area contributed by atoms with E-state index in [0.717, 1.165) is 17.7 Å². The van der Waals surface area contributed by atoms with Crippen molar-refractivity contribution in [1.82, 2.24) is 15.0 Å². The Hall–Kier alpha value is -3.14. The fourth-order valence-corrected chi connectivity index (χ4v) is 6.31. The van der Waals surface area contributed by atoms with Crippen molar-refractivity contribution in [2.24, 2.45) is 0 Å². The molecule has 1 N–H and O–H groups in total. The molecule has 3 heterocycles. The number of nitrogens with zero attached hydrogens (tertiary/aromatic N) is 3. The fraction of sp³-hybridized carbons (Fsp3) is 0.500. The molecule has 3 unspecified atom stereocenters. The van der Waals surface area contributed by atoms with Crippen molar-refractivity contribution in [2.45, 2.75) is 81.8 Å². The van der Waals surface area contributed by atoms with Crippen LogP contribution >= 0.6 is 0 Å². The number of ether oxygens (including phenoxy) is 4. The lowest BCUT2D eigenvalue weighted by Gasteiger charge is -2.50. The van der Waals surface area contributed by atoms with Crippen molar-refractivity contribution in [3.05, 3.63) is 71.7 Å². The first kappa shape index (κ1) is 32.3. The van der Waals surface area contributed by atoms with Gasteiger partial charge in [-0.2, -0.15) is 0 Å². The van der Waals surface area contributed by atoms with Gasteiger partial charge in [-0.3, -0.25) is 0 Å². The van der Waals surface area contributed by atoms with E-state index in [1.54, 1.807) is 0 Å². The zero-order chi connectivity index (χ0) is 32.0. The van der Waals surface area contributed by atoms with Crippen LogP contribution in [0.1, 0.15) is 38.7 Å². The quantitative estimate of drug-likeness (QED) is 0.224. The first-order valence-corrected chi connectivity index (χ1v) is 17.1. The van der Waals surface area contributed by atoms with Crippen LogP contribution in [-0.4, -0.2) is 78.6 Å². The van der Waals surface area contributed by atoms with Gasteiger partial charge in [0.1, 0.15) is 36.2 Å². The molecule has 0 amide bonds. The molecule has 0 spiro atoms. The molecule has 0 radical (unpaired) electrons. The molecule has 2 saturated heterocycles. The van der Waals surface area contributed by atoms with Gasteiger partial charge >= 0.3 is 5.97 Å². The molecule has 44 heavy (non-hydrogen) atoms. The lowest BCUT2D eigenvalue weighted by molar-refractivity contribution is -0.322. The highest BCUT2D eigenvalue weighted by molar-refractivity contribution is 6.74. The summed E-state index contributed by atoms with van der Waals surface area (Å²) in [5.74, 6) is -5.11. The Morgan fingerprint density at radius 2 is 1.77 bits per heavy atom. The molecule has 10 nitrogen and oxygen atoms in total. The first-order valence-electron chi connectivity index (χ1n) is 14.2. The Morgan fingerprint density at radius 3 is 2.39 bits per heavy atom. The molecule has 5 rings (SSSR count). The number of fused-ring (bicyclic) bond motifs is 1. The van der Waals surface area contributed by atoms with Crippen LogP contribution in [0, 0.1) is 17.5 Å². The maximum Gasteiger partial charge on any atom is 0.336 e. The van der Waals surface area contributed by atoms with Crippen LogP contribution < -0.4 is 0 Å². The van der Waals surface area contributed by atoms with Gasteiger partial charge in [0, 0.05) is 11.1 Å². The standard InChI is InChI=1S/C30H36F3N3O7Si/c1-30(2,3)44(5,6)43-27(28(38)39-4)26-24(37)23(25-21(41-26)15-40-29(42-25)16-10-8-7-9-11-16)36-14-20(34-35-36)17-12-18(31)22(33)19(32)13-17/h7-14,21,23-27,29,37H,15H2,1-6H3/t21?,23-,24?,25+,26-,27+,29?/m1/s1. The molecule has 0 saturated carbocycles. The molecular weight excluding hydrogens is 599 g/mol. The molecule has 0 bridgehead atoms. The number of methoxy groups -OCH3 is 1. The highest BCUT2D eigenvalue weighted by atomic mass is 28.4. The molecule has 2 aliphatic heterocycles. The normalized spacial score (nSPS) is 26.6. The number of aromatic nitrogens is 3. The molecule has 2 aliphatic rings. The minimum Gasteiger partial charge on any atom is -0.467 e. The van der Waals surface area contributed by atoms with E-state index in [4.69, 9.17) is 23.4 Å². The molecule has 1 aromatic heterocycles. The largest absolute Gasteiger partial charge is 0.467 e. The van der Waals surface area contributed by atoms with Crippen LogP contribution in [-0.2, 0) is 28.2 Å². The van der Waals surface area contributed by atoms with Crippen LogP contribution in [0.15, 0.2) is 48.7 Å². The second kappa shape index (κ2) is 12.3. The molecule has 2 aromatic carbocycles. The molecule has 2 fully saturated rings. The van der Waals surface area contributed by atoms with E-state index in [0.29, 0.717) is 0 Å². The van der Waals surface area contributed by atoms with Crippen LogP contribution in [0.25, 0.3) is 11.3 Å². The van der Waals surface area contributed by atoms with E-state index in [1.807, 2.05) is 64.2 Å². The number of aliphatic hydroxyl groups is 1. The first-order chi connectivity index (χ1) is 20.7. The summed E-state index contributed by atoms with van der Waals surface area (Å²) >= 11 is 0. The fourth-order valence-electron chi connectivity index (χ4n) is 5.10. The Kier molecular flexibility index (Phi) is 9.04. The van der Waals surface area contributed by atoms with E-state index in [1.165, 1.54) is 18.0 Å². The predicted octanol–water partition coefficient (Wildman–Crippen LogP) is 4.71. The van der Waals surface area contributed by atoms with Gasteiger partial charge in [-0.25, -0.2) is 22.6 Å². The summed E-state index contributed by atoms with van der Waals surface area (Å²) in [5, 5.41) is 19.8. The second-order valence-electron chi connectivity index (χ2n) is 12.5. The van der Waals surface area contributed by atoms with Crippen molar-refractivity contribution in [3.63, 3.8) is 0 Å². The van der Waals surface area contributed by atoms with Gasteiger partial charge in [0.2, 0.25) is 0 Å². The summed E-state index contributed by atoms with van der Waals surface area (Å²) in [4.78, 5) is 13.2. The van der Waals surface area contributed by atoms with Gasteiger partial charge in [-0.05, 0) is 30.3 Å². The maximum atomic E-state index is 14.0. The summed E-state index contributed by atoms with van der Waals surface area (Å²) in [7, 11) is -1.38. The van der Waals surface area contributed by atoms with Crippen molar-refractivity contribution in [3.8, 4) is 11.3 Å². The average Bonchev–Trinajstić information content (AvgIpc) is 3.47. The Balaban J connectivity index is 1.55. The minimum atomic E-state index is -2.61. The molecule has 7 atom stereocenters. The van der Waals surface area contributed by atoms with E-state index < -0.39 is 74.6 Å². The Bertz CT molecular complexity index is 1460. The number of esters is 1. The lowest BCUT2D eigenvalue weighted by atomic mass is 9.89. The van der Waals surface area contributed by atoms with Crippen molar-refractivity contribution in [1.29, 1.82) is 0 Å². The van der Waals surface area contributed by atoms with Crippen molar-refractivity contribution in [2.75, 3.05) is 13.7 Å². The van der Waals surface area contributed by atoms with Crippen molar-refractivity contribution >= 4 is 14.3 Å². The third-order valence-electron chi connectivity index (χ3n) is 8.54. The SMILES string of the molecule is COC(=O)[C@@H](O[Si](C)(C)C(C)(C)C)[C@@H]1OC2COC(c3ccccc3)O[C@@H]2[C@H](n2cc(-c3cc(F)c(F)c(F)c3)nn2)C1O. The molecule has 238 valence electrons. The average molecular weight is 636 g/mol. The van der Waals surface area contributed by atoms with E-state index >= 15 is 0 Å². The number of rotatable bonds is 7. The number of hydrogen-bond acceptors (Lipinski definition) is 9. The third-order valence-corrected chi connectivity index (χ3v) is 13.0. The molecule has 3 aromatic rings. The summed E-state index contributed by atoms with van der Waals surface area (Å²) in [6.45, 7) is 9.98. The third kappa shape index (κ3) is 6.19. The zero-order valence-electron chi connectivity index (χ0n) is 25.2. The van der Waals surface area contributed by atoms with Crippen LogP contribution in [0.5, 0.6) is 0 Å². The number of aliphatic hydroxyl groups excluding tert-OH is 1. The maximum absolute atomic E-state index is 14.0. The minimum absolute atomic E-state index is 0.0169. The number of carbonyl (C=O) groups excluding carboxylic acids is 1. The predicted molar refractivity (Wildman–Crippen MR) is 153 cm³/mol. The summed E-state index contributed by atoms with van der Waals surface area (Å²) in [6.07, 6.45) is -5.13.